The summed E-state index contributed by atoms with van der Waals surface area (Å²) in [7, 11) is 0. The minimum atomic E-state index is 0.482. The zero-order valence-corrected chi connectivity index (χ0v) is 10.5. The number of pyridine rings is 1. The van der Waals surface area contributed by atoms with Crippen LogP contribution >= 0.6 is 27.3 Å². The molecule has 0 unspecified atom stereocenters. The average Bonchev–Trinajstić information content (AvgIpc) is 2.82. The highest BCUT2D eigenvalue weighted by Gasteiger charge is 2.10. The van der Waals surface area contributed by atoms with Crippen molar-refractivity contribution in [3.63, 3.8) is 0 Å². The van der Waals surface area contributed by atoms with Gasteiger partial charge in [0.15, 0.2) is 11.5 Å². The van der Waals surface area contributed by atoms with Gasteiger partial charge in [-0.3, -0.25) is 0 Å². The number of aromatic nitrogens is 3. The maximum atomic E-state index is 5.61. The largest absolute Gasteiger partial charge is 0.384 e. The van der Waals surface area contributed by atoms with Crippen molar-refractivity contribution in [3.8, 4) is 10.7 Å². The molecule has 3 rings (SSSR count). The van der Waals surface area contributed by atoms with Crippen LogP contribution in [-0.4, -0.2) is 15.0 Å². The molecule has 3 heterocycles. The molecule has 16 heavy (non-hydrogen) atoms. The van der Waals surface area contributed by atoms with Gasteiger partial charge in [-0.15, -0.1) is 11.3 Å². The number of nitrogens with one attached hydrogen (secondary N) is 1. The van der Waals surface area contributed by atoms with E-state index in [4.69, 9.17) is 5.73 Å². The van der Waals surface area contributed by atoms with Crippen molar-refractivity contribution < 1.29 is 0 Å². The fraction of sp³-hybridized carbons (Fsp3) is 0. The average molecular weight is 295 g/mol. The van der Waals surface area contributed by atoms with Crippen molar-refractivity contribution in [3.05, 3.63) is 28.1 Å². The van der Waals surface area contributed by atoms with E-state index in [0.29, 0.717) is 11.5 Å². The molecular formula is C10H7BrN4S. The van der Waals surface area contributed by atoms with E-state index in [9.17, 15) is 0 Å². The first-order valence-corrected chi connectivity index (χ1v) is 6.27. The highest BCUT2D eigenvalue weighted by atomic mass is 79.9. The van der Waals surface area contributed by atoms with Crippen LogP contribution in [0.3, 0.4) is 0 Å². The van der Waals surface area contributed by atoms with Crippen LogP contribution in [0, 0.1) is 0 Å². The summed E-state index contributed by atoms with van der Waals surface area (Å²) >= 11 is 5.10. The molecule has 3 aromatic heterocycles. The molecule has 0 saturated heterocycles. The van der Waals surface area contributed by atoms with Crippen LogP contribution in [0.5, 0.6) is 0 Å². The van der Waals surface area contributed by atoms with E-state index in [2.05, 4.69) is 30.9 Å². The van der Waals surface area contributed by atoms with Crippen LogP contribution in [0.25, 0.3) is 21.9 Å². The minimum absolute atomic E-state index is 0.482. The molecule has 0 aromatic carbocycles. The number of aromatic amines is 1. The van der Waals surface area contributed by atoms with E-state index < -0.39 is 0 Å². The molecule has 0 aliphatic heterocycles. The monoisotopic (exact) mass is 294 g/mol. The Balaban J connectivity index is 2.23. The number of anilines is 1. The predicted octanol–water partition coefficient (Wildman–Crippen LogP) is 3.03. The molecule has 80 valence electrons. The number of nitrogens with two attached hydrogens (primary N) is 1. The fourth-order valence-electron chi connectivity index (χ4n) is 1.48. The predicted molar refractivity (Wildman–Crippen MR) is 69.3 cm³/mol. The highest BCUT2D eigenvalue weighted by molar-refractivity contribution is 9.10. The summed E-state index contributed by atoms with van der Waals surface area (Å²) < 4.78 is 1.03. The minimum Gasteiger partial charge on any atom is -0.384 e. The van der Waals surface area contributed by atoms with E-state index in [0.717, 1.165) is 20.7 Å². The molecule has 0 saturated carbocycles. The van der Waals surface area contributed by atoms with Crippen LogP contribution in [0.15, 0.2) is 28.1 Å². The number of nitrogens with zero attached hydrogens (tertiary/aromatic N) is 2. The second-order valence-electron chi connectivity index (χ2n) is 3.29. The quantitative estimate of drug-likeness (QED) is 0.725. The Bertz CT molecular complexity index is 658. The molecule has 4 nitrogen and oxygen atoms in total. The molecule has 3 aromatic rings. The Morgan fingerprint density at radius 2 is 2.12 bits per heavy atom. The van der Waals surface area contributed by atoms with Crippen LogP contribution in [0.2, 0.25) is 0 Å². The molecule has 0 bridgehead atoms. The van der Waals surface area contributed by atoms with E-state index >= 15 is 0 Å². The number of halogens is 1. The lowest BCUT2D eigenvalue weighted by atomic mass is 10.4. The number of fused-ring (bicyclic) bond motifs is 1. The third-order valence-corrected chi connectivity index (χ3v) is 4.04. The van der Waals surface area contributed by atoms with Crippen LogP contribution < -0.4 is 5.73 Å². The van der Waals surface area contributed by atoms with E-state index in [1.165, 1.54) is 0 Å². The first-order valence-electron chi connectivity index (χ1n) is 4.59. The maximum Gasteiger partial charge on any atom is 0.180 e. The Morgan fingerprint density at radius 3 is 2.88 bits per heavy atom. The van der Waals surface area contributed by atoms with Crippen LogP contribution in [0.4, 0.5) is 5.82 Å². The van der Waals surface area contributed by atoms with Crippen LogP contribution in [-0.2, 0) is 0 Å². The molecule has 6 heteroatoms. The second kappa shape index (κ2) is 3.57. The lowest BCUT2D eigenvalue weighted by molar-refractivity contribution is 1.31. The van der Waals surface area contributed by atoms with Gasteiger partial charge in [0.1, 0.15) is 5.82 Å². The maximum absolute atomic E-state index is 5.61. The molecule has 0 radical (unpaired) electrons. The first-order chi connectivity index (χ1) is 7.74. The van der Waals surface area contributed by atoms with Crippen molar-refractivity contribution in [2.24, 2.45) is 0 Å². The summed E-state index contributed by atoms with van der Waals surface area (Å²) in [6.45, 7) is 0. The molecule has 0 aliphatic carbocycles. The number of hydrogen-bond acceptors (Lipinski definition) is 4. The van der Waals surface area contributed by atoms with Crippen molar-refractivity contribution >= 4 is 44.2 Å². The van der Waals surface area contributed by atoms with Crippen molar-refractivity contribution in [2.45, 2.75) is 0 Å². The standard InChI is InChI=1S/C10H7BrN4S/c11-5-3-4-16-8(5)10-13-6-1-2-7(12)14-9(6)15-10/h1-4H,(H3,12,13,14,15). The summed E-state index contributed by atoms with van der Waals surface area (Å²) in [5, 5.41) is 2.01. The zero-order valence-electron chi connectivity index (χ0n) is 8.07. The van der Waals surface area contributed by atoms with Gasteiger partial charge in [-0.05, 0) is 39.5 Å². The zero-order chi connectivity index (χ0) is 11.1. The first kappa shape index (κ1) is 9.80. The van der Waals surface area contributed by atoms with Gasteiger partial charge in [-0.1, -0.05) is 0 Å². The van der Waals surface area contributed by atoms with Gasteiger partial charge in [0.05, 0.1) is 10.4 Å². The molecule has 0 atom stereocenters. The van der Waals surface area contributed by atoms with Gasteiger partial charge in [0.25, 0.3) is 0 Å². The molecule has 0 aliphatic rings. The fourth-order valence-corrected chi connectivity index (χ4v) is 2.98. The lowest BCUT2D eigenvalue weighted by Gasteiger charge is -1.90. The summed E-state index contributed by atoms with van der Waals surface area (Å²) in [5.74, 6) is 1.30. The SMILES string of the molecule is Nc1ccc2[nH]c(-c3sccc3Br)nc2n1. The van der Waals surface area contributed by atoms with Gasteiger partial charge in [-0.2, -0.15) is 0 Å². The highest BCUT2D eigenvalue weighted by Crippen LogP contribution is 2.32. The normalized spacial score (nSPS) is 11.1. The second-order valence-corrected chi connectivity index (χ2v) is 5.06. The molecule has 0 spiro atoms. The Kier molecular flexibility index (Phi) is 2.19. The van der Waals surface area contributed by atoms with Crippen molar-refractivity contribution in [2.75, 3.05) is 5.73 Å². The van der Waals surface area contributed by atoms with Gasteiger partial charge >= 0.3 is 0 Å². The van der Waals surface area contributed by atoms with Crippen molar-refractivity contribution in [1.29, 1.82) is 0 Å². The molecule has 3 N–H and O–H groups in total. The molecule has 0 fully saturated rings. The Hall–Kier alpha value is -1.40. The van der Waals surface area contributed by atoms with Crippen LogP contribution in [0.1, 0.15) is 0 Å². The number of thiophene rings is 1. The van der Waals surface area contributed by atoms with Crippen molar-refractivity contribution in [1.82, 2.24) is 15.0 Å². The van der Waals surface area contributed by atoms with Gasteiger partial charge < -0.3 is 10.7 Å². The van der Waals surface area contributed by atoms with E-state index in [1.807, 2.05) is 17.5 Å². The third kappa shape index (κ3) is 1.50. The number of nitrogen functional groups attached to an aromatic ring is 1. The number of rotatable bonds is 1. The number of hydrogen-bond donors (Lipinski definition) is 2. The Labute approximate surface area is 104 Å². The lowest BCUT2D eigenvalue weighted by Crippen LogP contribution is -1.88. The summed E-state index contributed by atoms with van der Waals surface area (Å²) in [5.41, 5.74) is 7.15. The number of imidazole rings is 1. The molecule has 0 amide bonds. The Morgan fingerprint density at radius 1 is 1.25 bits per heavy atom. The van der Waals surface area contributed by atoms with E-state index in [1.54, 1.807) is 17.4 Å². The van der Waals surface area contributed by atoms with Gasteiger partial charge in [-0.25, -0.2) is 9.97 Å². The summed E-state index contributed by atoms with van der Waals surface area (Å²) in [6, 6.07) is 5.64. The summed E-state index contributed by atoms with van der Waals surface area (Å²) in [6.07, 6.45) is 0. The summed E-state index contributed by atoms with van der Waals surface area (Å²) in [4.78, 5) is 12.9. The number of H-pyrrole nitrogens is 1. The topological polar surface area (TPSA) is 67.6 Å². The third-order valence-electron chi connectivity index (χ3n) is 2.20. The van der Waals surface area contributed by atoms with Gasteiger partial charge in [0, 0.05) is 4.47 Å². The van der Waals surface area contributed by atoms with Gasteiger partial charge in [0.2, 0.25) is 0 Å². The molecular weight excluding hydrogens is 288 g/mol. The smallest absolute Gasteiger partial charge is 0.180 e. The van der Waals surface area contributed by atoms with E-state index in [-0.39, 0.29) is 0 Å².